The average molecular weight is 421 g/mol. The van der Waals surface area contributed by atoms with Crippen molar-refractivity contribution in [3.63, 3.8) is 0 Å². The minimum atomic E-state index is -0.963. The minimum absolute atomic E-state index is 0.0793. The topological polar surface area (TPSA) is 145 Å². The summed E-state index contributed by atoms with van der Waals surface area (Å²) in [4.78, 5) is 39.9. The van der Waals surface area contributed by atoms with Crippen LogP contribution in [0.3, 0.4) is 0 Å². The van der Waals surface area contributed by atoms with Crippen molar-refractivity contribution in [3.8, 4) is 0 Å². The Kier molecular flexibility index (Phi) is 14.2. The molecule has 1 unspecified atom stereocenters. The van der Waals surface area contributed by atoms with E-state index in [0.29, 0.717) is 52.4 Å². The van der Waals surface area contributed by atoms with Gasteiger partial charge in [0.05, 0.1) is 25.7 Å². The van der Waals surface area contributed by atoms with Crippen LogP contribution in [0.15, 0.2) is 0 Å². The molecule has 0 aromatic rings. The molecular formula is C18H36N4O7. The molecule has 4 N–H and O–H groups in total. The van der Waals surface area contributed by atoms with Crippen molar-refractivity contribution >= 4 is 17.9 Å². The molecule has 0 aromatic heterocycles. The van der Waals surface area contributed by atoms with Crippen molar-refractivity contribution in [2.45, 2.75) is 20.0 Å². The van der Waals surface area contributed by atoms with Gasteiger partial charge in [0.15, 0.2) is 0 Å². The van der Waals surface area contributed by atoms with Crippen LogP contribution < -0.4 is 0 Å². The molecule has 0 amide bonds. The minimum Gasteiger partial charge on any atom is -0.480 e. The van der Waals surface area contributed by atoms with Crippen LogP contribution in [0, 0.1) is 0 Å². The van der Waals surface area contributed by atoms with Crippen LogP contribution >= 0.6 is 0 Å². The summed E-state index contributed by atoms with van der Waals surface area (Å²) in [5.74, 6) is -2.80. The van der Waals surface area contributed by atoms with E-state index >= 15 is 0 Å². The van der Waals surface area contributed by atoms with E-state index in [1.807, 2.05) is 11.8 Å². The van der Waals surface area contributed by atoms with Crippen LogP contribution in [0.1, 0.15) is 13.8 Å². The molecule has 11 heteroatoms. The smallest absolute Gasteiger partial charge is 0.317 e. The van der Waals surface area contributed by atoms with Gasteiger partial charge in [0.2, 0.25) is 0 Å². The predicted octanol–water partition coefficient (Wildman–Crippen LogP) is -1.52. The van der Waals surface area contributed by atoms with E-state index in [9.17, 15) is 19.5 Å². The molecule has 0 fully saturated rings. The van der Waals surface area contributed by atoms with Gasteiger partial charge in [0.1, 0.15) is 0 Å². The van der Waals surface area contributed by atoms with Crippen LogP contribution in [-0.2, 0) is 14.4 Å². The van der Waals surface area contributed by atoms with E-state index in [4.69, 9.17) is 15.3 Å². The lowest BCUT2D eigenvalue weighted by Crippen LogP contribution is -2.45. The molecule has 0 rings (SSSR count). The Balaban J connectivity index is 4.74. The fourth-order valence-electron chi connectivity index (χ4n) is 2.86. The first-order valence-electron chi connectivity index (χ1n) is 9.72. The SMILES string of the molecule is CCN(CCN(CCN(CCN(C)CC(=O)O)CC(C)O)CC(=O)O)CC(=O)O. The van der Waals surface area contributed by atoms with Gasteiger partial charge >= 0.3 is 17.9 Å². The number of carboxylic acid groups (broad SMARTS) is 3. The highest BCUT2D eigenvalue weighted by Crippen LogP contribution is 1.99. The average Bonchev–Trinajstić information content (AvgIpc) is 2.58. The fourth-order valence-corrected chi connectivity index (χ4v) is 2.86. The number of nitrogens with zero attached hydrogens (tertiary/aromatic N) is 4. The number of hydrogen-bond donors (Lipinski definition) is 4. The first-order chi connectivity index (χ1) is 13.5. The molecule has 1 atom stereocenters. The summed E-state index contributed by atoms with van der Waals surface area (Å²) < 4.78 is 0. The summed E-state index contributed by atoms with van der Waals surface area (Å²) in [6, 6.07) is 0. The Morgan fingerprint density at radius 3 is 1.59 bits per heavy atom. The number of carboxylic acids is 3. The van der Waals surface area contributed by atoms with Crippen LogP contribution in [-0.4, -0.2) is 143 Å². The van der Waals surface area contributed by atoms with Crippen molar-refractivity contribution in [1.82, 2.24) is 19.6 Å². The third-order valence-corrected chi connectivity index (χ3v) is 4.36. The normalized spacial score (nSPS) is 12.8. The maximum Gasteiger partial charge on any atom is 0.317 e. The Morgan fingerprint density at radius 2 is 1.14 bits per heavy atom. The Morgan fingerprint density at radius 1 is 0.724 bits per heavy atom. The van der Waals surface area contributed by atoms with Gasteiger partial charge in [-0.2, -0.15) is 0 Å². The Hall–Kier alpha value is -1.79. The zero-order valence-corrected chi connectivity index (χ0v) is 17.7. The summed E-state index contributed by atoms with van der Waals surface area (Å²) in [5, 5.41) is 36.6. The number of rotatable bonds is 18. The standard InChI is InChI=1S/C18H36N4O7/c1-4-20(13-17(26)27)7-8-22(14-18(28)29)10-9-21(11-15(2)23)6-5-19(3)12-16(24)25/h15,23H,4-14H2,1-3H3,(H,24,25)(H,26,27)(H,28,29). The van der Waals surface area contributed by atoms with Crippen molar-refractivity contribution in [2.24, 2.45) is 0 Å². The van der Waals surface area contributed by atoms with Gasteiger partial charge in [-0.15, -0.1) is 0 Å². The first kappa shape index (κ1) is 27.2. The van der Waals surface area contributed by atoms with E-state index in [-0.39, 0.29) is 19.6 Å². The van der Waals surface area contributed by atoms with Gasteiger partial charge in [-0.05, 0) is 20.5 Å². The maximum atomic E-state index is 11.2. The van der Waals surface area contributed by atoms with Gasteiger partial charge < -0.3 is 20.4 Å². The summed E-state index contributed by atoms with van der Waals surface area (Å²) in [6.45, 7) is 6.95. The molecule has 0 aliphatic rings. The molecular weight excluding hydrogens is 384 g/mol. The second kappa shape index (κ2) is 15.1. The molecule has 0 saturated carbocycles. The van der Waals surface area contributed by atoms with Gasteiger partial charge in [0, 0.05) is 45.8 Å². The maximum absolute atomic E-state index is 11.2. The zero-order valence-electron chi connectivity index (χ0n) is 17.7. The lowest BCUT2D eigenvalue weighted by atomic mass is 10.3. The van der Waals surface area contributed by atoms with Gasteiger partial charge in [-0.25, -0.2) is 0 Å². The third-order valence-electron chi connectivity index (χ3n) is 4.36. The molecule has 0 radical (unpaired) electrons. The van der Waals surface area contributed by atoms with Crippen LogP contribution in [0.25, 0.3) is 0 Å². The quantitative estimate of drug-likeness (QED) is 0.205. The van der Waals surface area contributed by atoms with Crippen molar-refractivity contribution in [3.05, 3.63) is 0 Å². The Bertz CT molecular complexity index is 505. The molecule has 170 valence electrons. The summed E-state index contributed by atoms with van der Waals surface area (Å²) in [5.41, 5.74) is 0. The molecule has 0 bridgehead atoms. The molecule has 0 aliphatic heterocycles. The van der Waals surface area contributed by atoms with Crippen LogP contribution in [0.5, 0.6) is 0 Å². The second-order valence-corrected chi connectivity index (χ2v) is 7.21. The highest BCUT2D eigenvalue weighted by atomic mass is 16.4. The number of aliphatic hydroxyl groups excluding tert-OH is 1. The zero-order chi connectivity index (χ0) is 22.4. The lowest BCUT2D eigenvalue weighted by molar-refractivity contribution is -0.140. The highest BCUT2D eigenvalue weighted by molar-refractivity contribution is 5.69. The number of hydrogen-bond acceptors (Lipinski definition) is 8. The predicted molar refractivity (Wildman–Crippen MR) is 107 cm³/mol. The van der Waals surface area contributed by atoms with Crippen molar-refractivity contribution in [2.75, 3.05) is 79.0 Å². The monoisotopic (exact) mass is 420 g/mol. The van der Waals surface area contributed by atoms with E-state index in [2.05, 4.69) is 0 Å². The van der Waals surface area contributed by atoms with E-state index in [1.54, 1.807) is 28.7 Å². The van der Waals surface area contributed by atoms with Gasteiger partial charge in [0.25, 0.3) is 0 Å². The molecule has 0 aromatic carbocycles. The largest absolute Gasteiger partial charge is 0.480 e. The van der Waals surface area contributed by atoms with E-state index < -0.39 is 24.0 Å². The van der Waals surface area contributed by atoms with Gasteiger partial charge in [-0.3, -0.25) is 34.0 Å². The summed E-state index contributed by atoms with van der Waals surface area (Å²) in [6.07, 6.45) is -0.571. The third kappa shape index (κ3) is 15.8. The molecule has 0 saturated heterocycles. The molecule has 0 spiro atoms. The van der Waals surface area contributed by atoms with Crippen LogP contribution in [0.4, 0.5) is 0 Å². The highest BCUT2D eigenvalue weighted by Gasteiger charge is 2.16. The lowest BCUT2D eigenvalue weighted by Gasteiger charge is -2.30. The van der Waals surface area contributed by atoms with E-state index in [1.165, 1.54) is 0 Å². The molecule has 11 nitrogen and oxygen atoms in total. The Labute approximate surface area is 172 Å². The molecule has 0 aliphatic carbocycles. The van der Waals surface area contributed by atoms with E-state index in [0.717, 1.165) is 0 Å². The van der Waals surface area contributed by atoms with Crippen molar-refractivity contribution in [1.29, 1.82) is 0 Å². The van der Waals surface area contributed by atoms with Gasteiger partial charge in [-0.1, -0.05) is 6.92 Å². The molecule has 0 heterocycles. The summed E-state index contributed by atoms with van der Waals surface area (Å²) in [7, 11) is 1.70. The molecule has 29 heavy (non-hydrogen) atoms. The van der Waals surface area contributed by atoms with Crippen LogP contribution in [0.2, 0.25) is 0 Å². The second-order valence-electron chi connectivity index (χ2n) is 7.21. The number of carbonyl (C=O) groups is 3. The number of aliphatic hydroxyl groups is 1. The van der Waals surface area contributed by atoms with Crippen molar-refractivity contribution < 1.29 is 34.8 Å². The fraction of sp³-hybridized carbons (Fsp3) is 0.833. The summed E-state index contributed by atoms with van der Waals surface area (Å²) >= 11 is 0. The number of aliphatic carboxylic acids is 3. The number of likely N-dealkylation sites (N-methyl/N-ethyl adjacent to an activating group) is 2. The first-order valence-corrected chi connectivity index (χ1v) is 9.72.